The Hall–Kier alpha value is -2.21. The standard InChI is InChI=1S/C22H21F3/c1-2-15-5-9-18(10-6-15)19-11-7-16(8-12-19)3-4-17-13-20(23)22(25)21(24)14-17/h7-8,11-15,18H,2,5-6,9-10H2,1H3. The van der Waals surface area contributed by atoms with E-state index in [1.165, 1.54) is 37.7 Å². The molecule has 3 heteroatoms. The zero-order valence-electron chi connectivity index (χ0n) is 14.3. The van der Waals surface area contributed by atoms with Gasteiger partial charge in [-0.25, -0.2) is 13.2 Å². The van der Waals surface area contributed by atoms with E-state index in [0.29, 0.717) is 5.92 Å². The van der Waals surface area contributed by atoms with Crippen molar-refractivity contribution in [2.75, 3.05) is 0 Å². The summed E-state index contributed by atoms with van der Waals surface area (Å²) in [5.41, 5.74) is 2.23. The number of benzene rings is 2. The zero-order chi connectivity index (χ0) is 17.8. The second kappa shape index (κ2) is 7.78. The lowest BCUT2D eigenvalue weighted by Gasteiger charge is -2.28. The van der Waals surface area contributed by atoms with E-state index in [1.54, 1.807) is 0 Å². The summed E-state index contributed by atoms with van der Waals surface area (Å²) in [6.07, 6.45) is 6.33. The fraction of sp³-hybridized carbons (Fsp3) is 0.364. The van der Waals surface area contributed by atoms with Gasteiger partial charge in [0, 0.05) is 11.1 Å². The van der Waals surface area contributed by atoms with Crippen LogP contribution in [0.25, 0.3) is 0 Å². The fourth-order valence-corrected chi connectivity index (χ4v) is 3.51. The van der Waals surface area contributed by atoms with Crippen LogP contribution in [0, 0.1) is 35.2 Å². The number of hydrogen-bond acceptors (Lipinski definition) is 0. The Morgan fingerprint density at radius 3 is 1.96 bits per heavy atom. The molecule has 1 aliphatic carbocycles. The van der Waals surface area contributed by atoms with Crippen LogP contribution in [-0.4, -0.2) is 0 Å². The van der Waals surface area contributed by atoms with Gasteiger partial charge >= 0.3 is 0 Å². The van der Waals surface area contributed by atoms with Gasteiger partial charge in [0.1, 0.15) is 0 Å². The molecule has 0 N–H and O–H groups in total. The molecule has 0 atom stereocenters. The Morgan fingerprint density at radius 2 is 1.40 bits per heavy atom. The topological polar surface area (TPSA) is 0 Å². The SMILES string of the molecule is CCC1CCC(c2ccc(C#Cc3cc(F)c(F)c(F)c3)cc2)CC1. The van der Waals surface area contributed by atoms with Gasteiger partial charge in [-0.15, -0.1) is 0 Å². The smallest absolute Gasteiger partial charge is 0.194 e. The van der Waals surface area contributed by atoms with Gasteiger partial charge in [0.05, 0.1) is 0 Å². The molecule has 0 spiro atoms. The first-order valence-corrected chi connectivity index (χ1v) is 8.83. The molecular weight excluding hydrogens is 321 g/mol. The van der Waals surface area contributed by atoms with Gasteiger partial charge in [0.2, 0.25) is 0 Å². The van der Waals surface area contributed by atoms with E-state index < -0.39 is 17.5 Å². The first-order valence-electron chi connectivity index (χ1n) is 8.83. The average molecular weight is 342 g/mol. The fourth-order valence-electron chi connectivity index (χ4n) is 3.51. The van der Waals surface area contributed by atoms with Crippen LogP contribution >= 0.6 is 0 Å². The molecule has 0 nitrogen and oxygen atoms in total. The van der Waals surface area contributed by atoms with E-state index in [9.17, 15) is 13.2 Å². The van der Waals surface area contributed by atoms with Crippen LogP contribution < -0.4 is 0 Å². The van der Waals surface area contributed by atoms with Gasteiger partial charge in [-0.05, 0) is 67.3 Å². The van der Waals surface area contributed by atoms with E-state index >= 15 is 0 Å². The van der Waals surface area contributed by atoms with Crippen molar-refractivity contribution in [1.29, 1.82) is 0 Å². The third-order valence-electron chi connectivity index (χ3n) is 5.14. The Labute approximate surface area is 147 Å². The Morgan fingerprint density at radius 1 is 0.840 bits per heavy atom. The molecule has 0 bridgehead atoms. The summed E-state index contributed by atoms with van der Waals surface area (Å²) in [4.78, 5) is 0. The largest absolute Gasteiger partial charge is 0.204 e. The molecule has 25 heavy (non-hydrogen) atoms. The van der Waals surface area contributed by atoms with Gasteiger partial charge in [-0.3, -0.25) is 0 Å². The summed E-state index contributed by atoms with van der Waals surface area (Å²) < 4.78 is 39.3. The molecule has 3 rings (SSSR count). The molecule has 0 aliphatic heterocycles. The van der Waals surface area contributed by atoms with E-state index in [4.69, 9.17) is 0 Å². The quantitative estimate of drug-likeness (QED) is 0.451. The molecular formula is C22H21F3. The van der Waals surface area contributed by atoms with Crippen LogP contribution in [0.4, 0.5) is 13.2 Å². The summed E-state index contributed by atoms with van der Waals surface area (Å²) in [6.45, 7) is 2.26. The van der Waals surface area contributed by atoms with Crippen LogP contribution in [0.1, 0.15) is 61.6 Å². The predicted molar refractivity (Wildman–Crippen MR) is 93.7 cm³/mol. The number of rotatable bonds is 2. The molecule has 0 amide bonds. The summed E-state index contributed by atoms with van der Waals surface area (Å²) in [5.74, 6) is 3.14. The van der Waals surface area contributed by atoms with E-state index in [2.05, 4.69) is 30.9 Å². The van der Waals surface area contributed by atoms with Crippen molar-refractivity contribution in [3.63, 3.8) is 0 Å². The molecule has 130 valence electrons. The van der Waals surface area contributed by atoms with Crippen molar-refractivity contribution in [2.45, 2.75) is 44.9 Å². The van der Waals surface area contributed by atoms with Crippen LogP contribution in [0.2, 0.25) is 0 Å². The molecule has 0 heterocycles. The first kappa shape index (κ1) is 17.6. The van der Waals surface area contributed by atoms with Gasteiger partial charge in [-0.1, -0.05) is 37.3 Å². The third kappa shape index (κ3) is 4.25. The normalized spacial score (nSPS) is 20.0. The molecule has 2 aromatic carbocycles. The second-order valence-corrected chi connectivity index (χ2v) is 6.75. The van der Waals surface area contributed by atoms with Crippen molar-refractivity contribution in [3.8, 4) is 11.8 Å². The molecule has 0 radical (unpaired) electrons. The highest BCUT2D eigenvalue weighted by Crippen LogP contribution is 2.36. The van der Waals surface area contributed by atoms with Crippen molar-refractivity contribution < 1.29 is 13.2 Å². The van der Waals surface area contributed by atoms with Crippen LogP contribution in [0.3, 0.4) is 0 Å². The van der Waals surface area contributed by atoms with Crippen molar-refractivity contribution >= 4 is 0 Å². The number of halogens is 3. The van der Waals surface area contributed by atoms with E-state index in [-0.39, 0.29) is 5.56 Å². The first-order chi connectivity index (χ1) is 12.1. The average Bonchev–Trinajstić information content (AvgIpc) is 2.65. The predicted octanol–water partition coefficient (Wildman–Crippen LogP) is 6.19. The zero-order valence-corrected chi connectivity index (χ0v) is 14.3. The second-order valence-electron chi connectivity index (χ2n) is 6.75. The maximum atomic E-state index is 13.2. The molecule has 1 fully saturated rings. The molecule has 1 aliphatic rings. The third-order valence-corrected chi connectivity index (χ3v) is 5.14. The molecule has 1 saturated carbocycles. The highest BCUT2D eigenvalue weighted by atomic mass is 19.2. The summed E-state index contributed by atoms with van der Waals surface area (Å²) in [7, 11) is 0. The molecule has 2 aromatic rings. The maximum absolute atomic E-state index is 13.2. The highest BCUT2D eigenvalue weighted by Gasteiger charge is 2.20. The maximum Gasteiger partial charge on any atom is 0.194 e. The van der Waals surface area contributed by atoms with E-state index in [1.807, 2.05) is 12.1 Å². The minimum atomic E-state index is -1.47. The van der Waals surface area contributed by atoms with Crippen molar-refractivity contribution in [2.24, 2.45) is 5.92 Å². The minimum Gasteiger partial charge on any atom is -0.204 e. The monoisotopic (exact) mass is 342 g/mol. The van der Waals surface area contributed by atoms with E-state index in [0.717, 1.165) is 23.6 Å². The Bertz CT molecular complexity index is 765. The Kier molecular flexibility index (Phi) is 5.48. The minimum absolute atomic E-state index is 0.123. The van der Waals surface area contributed by atoms with Crippen LogP contribution in [-0.2, 0) is 0 Å². The molecule has 0 saturated heterocycles. The number of hydrogen-bond donors (Lipinski definition) is 0. The molecule has 0 unspecified atom stereocenters. The van der Waals surface area contributed by atoms with Gasteiger partial charge < -0.3 is 0 Å². The lowest BCUT2D eigenvalue weighted by atomic mass is 9.78. The lowest BCUT2D eigenvalue weighted by molar-refractivity contribution is 0.319. The summed E-state index contributed by atoms with van der Waals surface area (Å²) in [6, 6.07) is 9.87. The molecule has 0 aromatic heterocycles. The Balaban J connectivity index is 1.70. The van der Waals surface area contributed by atoms with Crippen molar-refractivity contribution in [3.05, 3.63) is 70.5 Å². The highest BCUT2D eigenvalue weighted by molar-refractivity contribution is 5.44. The van der Waals surface area contributed by atoms with Gasteiger partial charge in [-0.2, -0.15) is 0 Å². The summed E-state index contributed by atoms with van der Waals surface area (Å²) >= 11 is 0. The van der Waals surface area contributed by atoms with Crippen molar-refractivity contribution in [1.82, 2.24) is 0 Å². The van der Waals surface area contributed by atoms with Crippen LogP contribution in [0.15, 0.2) is 36.4 Å². The summed E-state index contributed by atoms with van der Waals surface area (Å²) in [5, 5.41) is 0. The van der Waals surface area contributed by atoms with Crippen LogP contribution in [0.5, 0.6) is 0 Å². The van der Waals surface area contributed by atoms with Gasteiger partial charge in [0.15, 0.2) is 17.5 Å². The lowest BCUT2D eigenvalue weighted by Crippen LogP contribution is -2.12. The van der Waals surface area contributed by atoms with Gasteiger partial charge in [0.25, 0.3) is 0 Å².